The highest BCUT2D eigenvalue weighted by atomic mass is 79.9. The van der Waals surface area contributed by atoms with E-state index in [0.29, 0.717) is 0 Å². The fourth-order valence-corrected chi connectivity index (χ4v) is 2.52. The molecule has 0 saturated heterocycles. The van der Waals surface area contributed by atoms with Crippen LogP contribution < -0.4 is 0 Å². The summed E-state index contributed by atoms with van der Waals surface area (Å²) in [6.45, 7) is 0. The number of nitrogens with zero attached hydrogens (tertiary/aromatic N) is 1. The second-order valence-corrected chi connectivity index (χ2v) is 5.62. The van der Waals surface area contributed by atoms with Gasteiger partial charge >= 0.3 is 0 Å². The fraction of sp³-hybridized carbons (Fsp3) is 0.231. The molecule has 86 valence electrons. The van der Waals surface area contributed by atoms with Crippen molar-refractivity contribution in [1.82, 2.24) is 9.97 Å². The van der Waals surface area contributed by atoms with Crippen molar-refractivity contribution in [2.24, 2.45) is 0 Å². The summed E-state index contributed by atoms with van der Waals surface area (Å²) in [6, 6.07) is 10.5. The van der Waals surface area contributed by atoms with Gasteiger partial charge in [0.25, 0.3) is 0 Å². The van der Waals surface area contributed by atoms with E-state index in [2.05, 4.69) is 50.2 Å². The number of benzene rings is 1. The quantitative estimate of drug-likeness (QED) is 0.850. The first-order valence-electron chi connectivity index (χ1n) is 5.53. The zero-order valence-corrected chi connectivity index (χ0v) is 11.5. The SMILES string of the molecule is S=c1[nH]c(C2(c3ccccc3)CC2)ncc1Br. The van der Waals surface area contributed by atoms with Crippen LogP contribution in [0.15, 0.2) is 41.0 Å². The second kappa shape index (κ2) is 4.03. The van der Waals surface area contributed by atoms with Crippen LogP contribution in [0.5, 0.6) is 0 Å². The van der Waals surface area contributed by atoms with Crippen LogP contribution in [0.25, 0.3) is 0 Å². The first kappa shape index (κ1) is 11.1. The van der Waals surface area contributed by atoms with E-state index in [1.807, 2.05) is 6.07 Å². The third kappa shape index (κ3) is 1.85. The Morgan fingerprint density at radius 1 is 1.24 bits per heavy atom. The van der Waals surface area contributed by atoms with E-state index in [9.17, 15) is 0 Å². The zero-order chi connectivity index (χ0) is 11.9. The molecule has 17 heavy (non-hydrogen) atoms. The lowest BCUT2D eigenvalue weighted by molar-refractivity contribution is 0.750. The van der Waals surface area contributed by atoms with Crippen molar-refractivity contribution in [3.63, 3.8) is 0 Å². The summed E-state index contributed by atoms with van der Waals surface area (Å²) in [5, 5.41) is 0. The van der Waals surface area contributed by atoms with Crippen LogP contribution >= 0.6 is 28.1 Å². The number of nitrogens with one attached hydrogen (secondary N) is 1. The Balaban J connectivity index is 2.10. The summed E-state index contributed by atoms with van der Waals surface area (Å²) in [6.07, 6.45) is 4.06. The molecule has 4 heteroatoms. The van der Waals surface area contributed by atoms with Gasteiger partial charge in [-0.25, -0.2) is 4.98 Å². The Bertz CT molecular complexity index is 602. The molecule has 0 atom stereocenters. The maximum absolute atomic E-state index is 5.24. The summed E-state index contributed by atoms with van der Waals surface area (Å²) < 4.78 is 1.57. The Kier molecular flexibility index (Phi) is 2.64. The van der Waals surface area contributed by atoms with Crippen LogP contribution in [0.1, 0.15) is 24.2 Å². The average Bonchev–Trinajstić information content (AvgIpc) is 3.15. The average molecular weight is 307 g/mol. The molecule has 1 N–H and O–H groups in total. The molecular formula is C13H11BrN2S. The molecule has 0 amide bonds. The van der Waals surface area contributed by atoms with E-state index in [1.165, 1.54) is 5.56 Å². The van der Waals surface area contributed by atoms with Crippen molar-refractivity contribution in [1.29, 1.82) is 0 Å². The minimum Gasteiger partial charge on any atom is -0.333 e. The van der Waals surface area contributed by atoms with Crippen molar-refractivity contribution >= 4 is 28.1 Å². The second-order valence-electron chi connectivity index (χ2n) is 4.36. The predicted octanol–water partition coefficient (Wildman–Crippen LogP) is 3.98. The van der Waals surface area contributed by atoms with Crippen LogP contribution in [0.4, 0.5) is 0 Å². The summed E-state index contributed by atoms with van der Waals surface area (Å²) in [4.78, 5) is 7.71. The summed E-state index contributed by atoms with van der Waals surface area (Å²) in [7, 11) is 0. The molecule has 1 aromatic carbocycles. The lowest BCUT2D eigenvalue weighted by Gasteiger charge is -2.14. The van der Waals surface area contributed by atoms with Crippen LogP contribution in [-0.2, 0) is 5.41 Å². The Morgan fingerprint density at radius 2 is 1.94 bits per heavy atom. The number of aromatic nitrogens is 2. The summed E-state index contributed by atoms with van der Waals surface area (Å²) in [5.41, 5.74) is 1.38. The smallest absolute Gasteiger partial charge is 0.120 e. The molecule has 0 unspecified atom stereocenters. The Labute approximate surface area is 113 Å². The zero-order valence-electron chi connectivity index (χ0n) is 9.11. The molecule has 0 bridgehead atoms. The van der Waals surface area contributed by atoms with Crippen LogP contribution in [0, 0.1) is 4.64 Å². The molecule has 1 aliphatic carbocycles. The van der Waals surface area contributed by atoms with E-state index in [1.54, 1.807) is 6.20 Å². The molecule has 1 aliphatic rings. The number of halogens is 1. The van der Waals surface area contributed by atoms with E-state index in [0.717, 1.165) is 27.8 Å². The molecule has 3 rings (SSSR count). The first-order chi connectivity index (χ1) is 8.22. The molecule has 2 nitrogen and oxygen atoms in total. The third-order valence-electron chi connectivity index (χ3n) is 3.29. The number of hydrogen-bond donors (Lipinski definition) is 1. The molecular weight excluding hydrogens is 296 g/mol. The number of aromatic amines is 1. The molecule has 2 aromatic rings. The first-order valence-corrected chi connectivity index (χ1v) is 6.73. The maximum atomic E-state index is 5.24. The van der Waals surface area contributed by atoms with Gasteiger partial charge in [-0.2, -0.15) is 0 Å². The van der Waals surface area contributed by atoms with Gasteiger partial charge in [-0.05, 0) is 34.3 Å². The monoisotopic (exact) mass is 306 g/mol. The molecule has 0 radical (unpaired) electrons. The predicted molar refractivity (Wildman–Crippen MR) is 73.6 cm³/mol. The Hall–Kier alpha value is -1.00. The molecule has 1 heterocycles. The Morgan fingerprint density at radius 3 is 2.53 bits per heavy atom. The van der Waals surface area contributed by atoms with E-state index >= 15 is 0 Å². The number of H-pyrrole nitrogens is 1. The molecule has 0 spiro atoms. The van der Waals surface area contributed by atoms with Crippen LogP contribution in [0.2, 0.25) is 0 Å². The normalized spacial score (nSPS) is 16.8. The van der Waals surface area contributed by atoms with E-state index in [4.69, 9.17) is 12.2 Å². The minimum absolute atomic E-state index is 0.0650. The fourth-order valence-electron chi connectivity index (χ4n) is 2.17. The number of hydrogen-bond acceptors (Lipinski definition) is 2. The molecule has 1 saturated carbocycles. The molecule has 0 aliphatic heterocycles. The van der Waals surface area contributed by atoms with Gasteiger partial charge in [0.05, 0.1) is 9.89 Å². The van der Waals surface area contributed by atoms with Gasteiger partial charge in [-0.15, -0.1) is 0 Å². The summed E-state index contributed by atoms with van der Waals surface area (Å²) in [5.74, 6) is 0.983. The van der Waals surface area contributed by atoms with Crippen LogP contribution in [-0.4, -0.2) is 9.97 Å². The van der Waals surface area contributed by atoms with Crippen molar-refractivity contribution in [2.75, 3.05) is 0 Å². The van der Waals surface area contributed by atoms with Crippen LogP contribution in [0.3, 0.4) is 0 Å². The van der Waals surface area contributed by atoms with Crippen molar-refractivity contribution in [3.8, 4) is 0 Å². The van der Waals surface area contributed by atoms with Gasteiger partial charge in [-0.1, -0.05) is 42.5 Å². The van der Waals surface area contributed by atoms with Crippen molar-refractivity contribution in [3.05, 3.63) is 57.0 Å². The van der Waals surface area contributed by atoms with E-state index < -0.39 is 0 Å². The number of rotatable bonds is 2. The van der Waals surface area contributed by atoms with Gasteiger partial charge in [0.1, 0.15) is 10.5 Å². The lowest BCUT2D eigenvalue weighted by atomic mass is 9.95. The van der Waals surface area contributed by atoms with Gasteiger partial charge in [0.15, 0.2) is 0 Å². The van der Waals surface area contributed by atoms with Gasteiger partial charge < -0.3 is 4.98 Å². The summed E-state index contributed by atoms with van der Waals surface area (Å²) >= 11 is 8.62. The highest BCUT2D eigenvalue weighted by molar-refractivity contribution is 9.10. The standard InChI is InChI=1S/C13H11BrN2S/c14-10-8-15-12(16-11(10)17)13(6-7-13)9-4-2-1-3-5-9/h1-5,8H,6-7H2,(H,15,16,17). The van der Waals surface area contributed by atoms with Gasteiger partial charge in [0.2, 0.25) is 0 Å². The molecule has 1 fully saturated rings. The highest BCUT2D eigenvalue weighted by Gasteiger charge is 2.47. The molecule has 1 aromatic heterocycles. The van der Waals surface area contributed by atoms with Gasteiger partial charge in [0, 0.05) is 6.20 Å². The maximum Gasteiger partial charge on any atom is 0.120 e. The third-order valence-corrected chi connectivity index (χ3v) is 4.47. The van der Waals surface area contributed by atoms with Crippen molar-refractivity contribution < 1.29 is 0 Å². The van der Waals surface area contributed by atoms with Crippen molar-refractivity contribution in [2.45, 2.75) is 18.3 Å². The van der Waals surface area contributed by atoms with E-state index in [-0.39, 0.29) is 5.41 Å². The largest absolute Gasteiger partial charge is 0.333 e. The lowest BCUT2D eigenvalue weighted by Crippen LogP contribution is -2.13. The minimum atomic E-state index is 0.0650. The van der Waals surface area contributed by atoms with Gasteiger partial charge in [-0.3, -0.25) is 0 Å². The topological polar surface area (TPSA) is 28.7 Å². The highest BCUT2D eigenvalue weighted by Crippen LogP contribution is 2.51.